The summed E-state index contributed by atoms with van der Waals surface area (Å²) in [6.45, 7) is 0. The second-order valence-corrected chi connectivity index (χ2v) is 8.89. The molecule has 3 rings (SSSR count). The lowest BCUT2D eigenvalue weighted by atomic mass is 9.87. The number of carbonyl (C=O) groups is 1. The van der Waals surface area contributed by atoms with E-state index in [1.807, 2.05) is 18.2 Å². The number of carbonyl (C=O) groups excluding carboxylic acids is 1. The van der Waals surface area contributed by atoms with Gasteiger partial charge in [-0.05, 0) is 48.6 Å². The number of benzene rings is 2. The van der Waals surface area contributed by atoms with Crippen LogP contribution in [-0.4, -0.2) is 39.8 Å². The molecule has 1 aliphatic carbocycles. The molecule has 1 atom stereocenters. The fraction of sp³-hybridized carbons (Fsp3) is 0.350. The Morgan fingerprint density at radius 1 is 1.19 bits per heavy atom. The van der Waals surface area contributed by atoms with Gasteiger partial charge in [-0.15, -0.1) is 0 Å². The molecule has 7 heteroatoms. The van der Waals surface area contributed by atoms with Gasteiger partial charge in [0.2, 0.25) is 10.0 Å². The van der Waals surface area contributed by atoms with Crippen LogP contribution in [0.15, 0.2) is 47.4 Å². The van der Waals surface area contributed by atoms with Crippen molar-refractivity contribution < 1.29 is 17.9 Å². The van der Waals surface area contributed by atoms with Gasteiger partial charge in [0.05, 0.1) is 13.2 Å². The molecule has 2 aromatic carbocycles. The third-order valence-corrected chi connectivity index (χ3v) is 6.70. The summed E-state index contributed by atoms with van der Waals surface area (Å²) in [6.07, 6.45) is 2.88. The third-order valence-electron chi connectivity index (χ3n) is 4.86. The van der Waals surface area contributed by atoms with E-state index in [0.29, 0.717) is 5.56 Å². The van der Waals surface area contributed by atoms with Crippen molar-refractivity contribution in [3.8, 4) is 5.75 Å². The molecule has 144 valence electrons. The number of sulfonamides is 1. The van der Waals surface area contributed by atoms with Crippen molar-refractivity contribution in [1.29, 1.82) is 0 Å². The minimum atomic E-state index is -3.73. The smallest absolute Gasteiger partial charge is 0.251 e. The minimum absolute atomic E-state index is 0.0216. The number of amides is 1. The first-order chi connectivity index (χ1) is 12.8. The molecule has 0 saturated carbocycles. The number of nitrogens with one attached hydrogen (secondary N) is 1. The van der Waals surface area contributed by atoms with Crippen molar-refractivity contribution in [2.75, 3.05) is 21.2 Å². The highest BCUT2D eigenvalue weighted by molar-refractivity contribution is 7.89. The molecule has 0 fully saturated rings. The van der Waals surface area contributed by atoms with Crippen molar-refractivity contribution in [3.63, 3.8) is 0 Å². The molecule has 2 aromatic rings. The van der Waals surface area contributed by atoms with Gasteiger partial charge in [0, 0.05) is 19.7 Å². The monoisotopic (exact) mass is 388 g/mol. The van der Waals surface area contributed by atoms with Crippen molar-refractivity contribution in [3.05, 3.63) is 59.2 Å². The summed E-state index contributed by atoms with van der Waals surface area (Å²) in [6, 6.07) is 12.5. The maximum absolute atomic E-state index is 12.8. The fourth-order valence-electron chi connectivity index (χ4n) is 3.36. The highest BCUT2D eigenvalue weighted by Crippen LogP contribution is 2.31. The van der Waals surface area contributed by atoms with E-state index in [9.17, 15) is 13.2 Å². The Kier molecular flexibility index (Phi) is 5.53. The lowest BCUT2D eigenvalue weighted by molar-refractivity contribution is 0.0932. The van der Waals surface area contributed by atoms with Gasteiger partial charge in [-0.1, -0.05) is 24.3 Å². The largest absolute Gasteiger partial charge is 0.495 e. The molecule has 0 unspecified atom stereocenters. The summed E-state index contributed by atoms with van der Waals surface area (Å²) < 4.78 is 31.4. The maximum Gasteiger partial charge on any atom is 0.251 e. The summed E-state index contributed by atoms with van der Waals surface area (Å²) in [5, 5.41) is 3.05. The number of nitrogens with zero attached hydrogens (tertiary/aromatic N) is 1. The van der Waals surface area contributed by atoms with Crippen LogP contribution in [0.4, 0.5) is 0 Å². The maximum atomic E-state index is 12.8. The van der Waals surface area contributed by atoms with Crippen LogP contribution in [0.3, 0.4) is 0 Å². The number of hydrogen-bond acceptors (Lipinski definition) is 4. The van der Waals surface area contributed by atoms with Gasteiger partial charge in [0.1, 0.15) is 10.6 Å². The molecular formula is C20H24N2O4S. The molecule has 0 aromatic heterocycles. The van der Waals surface area contributed by atoms with Crippen LogP contribution in [0.25, 0.3) is 0 Å². The van der Waals surface area contributed by atoms with E-state index >= 15 is 0 Å². The van der Waals surface area contributed by atoms with Crippen LogP contribution in [0, 0.1) is 0 Å². The fourth-order valence-corrected chi connectivity index (χ4v) is 4.44. The van der Waals surface area contributed by atoms with Crippen LogP contribution in [0.2, 0.25) is 0 Å². The van der Waals surface area contributed by atoms with Gasteiger partial charge in [0.25, 0.3) is 5.91 Å². The number of fused-ring (bicyclic) bond motifs is 1. The van der Waals surface area contributed by atoms with Gasteiger partial charge in [-0.3, -0.25) is 4.79 Å². The van der Waals surface area contributed by atoms with Gasteiger partial charge < -0.3 is 10.1 Å². The first-order valence-electron chi connectivity index (χ1n) is 8.84. The number of hydrogen-bond donors (Lipinski definition) is 1. The molecule has 0 spiro atoms. The highest BCUT2D eigenvalue weighted by atomic mass is 32.2. The lowest BCUT2D eigenvalue weighted by Crippen LogP contribution is -2.31. The molecule has 0 aliphatic heterocycles. The van der Waals surface area contributed by atoms with E-state index in [1.54, 1.807) is 6.07 Å². The van der Waals surface area contributed by atoms with Gasteiger partial charge >= 0.3 is 0 Å². The molecule has 27 heavy (non-hydrogen) atoms. The zero-order valence-corrected chi connectivity index (χ0v) is 16.5. The number of aryl methyl sites for hydroxylation is 1. The van der Waals surface area contributed by atoms with Crippen molar-refractivity contribution >= 4 is 15.9 Å². The Morgan fingerprint density at radius 3 is 2.63 bits per heavy atom. The predicted molar refractivity (Wildman–Crippen MR) is 103 cm³/mol. The van der Waals surface area contributed by atoms with Gasteiger partial charge in [-0.25, -0.2) is 12.7 Å². The lowest BCUT2D eigenvalue weighted by Gasteiger charge is -2.26. The van der Waals surface area contributed by atoms with Crippen LogP contribution >= 0.6 is 0 Å². The Balaban J connectivity index is 1.90. The van der Waals surface area contributed by atoms with E-state index in [4.69, 9.17) is 4.74 Å². The molecule has 0 saturated heterocycles. The quantitative estimate of drug-likeness (QED) is 0.855. The van der Waals surface area contributed by atoms with Crippen molar-refractivity contribution in [2.24, 2.45) is 0 Å². The van der Waals surface area contributed by atoms with Crippen LogP contribution in [0.5, 0.6) is 5.75 Å². The van der Waals surface area contributed by atoms with E-state index in [0.717, 1.165) is 29.1 Å². The molecule has 1 N–H and O–H groups in total. The van der Waals surface area contributed by atoms with E-state index in [1.165, 1.54) is 38.9 Å². The second kappa shape index (κ2) is 7.70. The Labute approximate surface area is 160 Å². The average Bonchev–Trinajstić information content (AvgIpc) is 2.67. The first kappa shape index (κ1) is 19.4. The summed E-state index contributed by atoms with van der Waals surface area (Å²) >= 11 is 0. The molecule has 0 bridgehead atoms. The number of rotatable bonds is 5. The zero-order valence-electron chi connectivity index (χ0n) is 15.7. The van der Waals surface area contributed by atoms with E-state index in [2.05, 4.69) is 11.4 Å². The second-order valence-electron chi connectivity index (χ2n) is 6.77. The predicted octanol–water partition coefficient (Wildman–Crippen LogP) is 2.75. The third kappa shape index (κ3) is 3.84. The highest BCUT2D eigenvalue weighted by Gasteiger charge is 2.26. The minimum Gasteiger partial charge on any atom is -0.495 e. The molecule has 0 heterocycles. The van der Waals surface area contributed by atoms with Gasteiger partial charge in [-0.2, -0.15) is 0 Å². The zero-order chi connectivity index (χ0) is 19.6. The normalized spacial score (nSPS) is 16.7. The van der Waals surface area contributed by atoms with Crippen LogP contribution in [-0.2, 0) is 16.4 Å². The first-order valence-corrected chi connectivity index (χ1v) is 10.3. The molecule has 1 amide bonds. The standard InChI is InChI=1S/C20H24N2O4S/c1-22(2)27(24,25)19-13-15(11-12-18(19)26-3)20(23)21-17-10-6-8-14-7-4-5-9-16(14)17/h4-5,7,9,11-13,17H,6,8,10H2,1-3H3,(H,21,23)/t17-/m0/s1. The van der Waals surface area contributed by atoms with Crippen LogP contribution < -0.4 is 10.1 Å². The Morgan fingerprint density at radius 2 is 1.93 bits per heavy atom. The molecule has 0 radical (unpaired) electrons. The summed E-state index contributed by atoms with van der Waals surface area (Å²) in [5.41, 5.74) is 2.67. The van der Waals surface area contributed by atoms with Crippen molar-refractivity contribution in [1.82, 2.24) is 9.62 Å². The Hall–Kier alpha value is -2.38. The molecular weight excluding hydrogens is 364 g/mol. The SMILES string of the molecule is COc1ccc(C(=O)N[C@H]2CCCc3ccccc32)cc1S(=O)(=O)N(C)C. The number of methoxy groups -OCH3 is 1. The summed E-state index contributed by atoms with van der Waals surface area (Å²) in [5.74, 6) is -0.0853. The van der Waals surface area contributed by atoms with Crippen molar-refractivity contribution in [2.45, 2.75) is 30.2 Å². The van der Waals surface area contributed by atoms with E-state index in [-0.39, 0.29) is 22.6 Å². The van der Waals surface area contributed by atoms with Gasteiger partial charge in [0.15, 0.2) is 0 Å². The summed E-state index contributed by atoms with van der Waals surface area (Å²) in [7, 11) is 0.566. The van der Waals surface area contributed by atoms with Crippen LogP contribution in [0.1, 0.15) is 40.4 Å². The molecule has 6 nitrogen and oxygen atoms in total. The van der Waals surface area contributed by atoms with E-state index < -0.39 is 10.0 Å². The summed E-state index contributed by atoms with van der Waals surface area (Å²) in [4.78, 5) is 12.8. The average molecular weight is 388 g/mol. The Bertz CT molecular complexity index is 954. The molecule has 1 aliphatic rings. The topological polar surface area (TPSA) is 75.7 Å². The number of ether oxygens (including phenoxy) is 1.